The Hall–Kier alpha value is -2.28. The number of aromatic nitrogens is 1. The highest BCUT2D eigenvalue weighted by molar-refractivity contribution is 7.09. The Balaban J connectivity index is 2.23. The minimum Gasteiger partial charge on any atom is -0.481 e. The van der Waals surface area contributed by atoms with Crippen molar-refractivity contribution in [2.24, 2.45) is 0 Å². The van der Waals surface area contributed by atoms with E-state index in [0.717, 1.165) is 4.88 Å². The van der Waals surface area contributed by atoms with E-state index in [1.807, 2.05) is 0 Å². The summed E-state index contributed by atoms with van der Waals surface area (Å²) >= 11 is 1.39. The van der Waals surface area contributed by atoms with Gasteiger partial charge in [0.05, 0.1) is 15.3 Å². The van der Waals surface area contributed by atoms with Crippen LogP contribution in [-0.4, -0.2) is 16.2 Å². The smallest absolute Gasteiger partial charge is 0.310 e. The fourth-order valence-corrected chi connectivity index (χ4v) is 1.84. The van der Waals surface area contributed by atoms with Gasteiger partial charge in [0.2, 0.25) is 0 Å². The molecular formula is C11H8N2O4S. The van der Waals surface area contributed by atoms with Crippen molar-refractivity contribution in [2.75, 3.05) is 0 Å². The lowest BCUT2D eigenvalue weighted by atomic mass is 10.2. The Morgan fingerprint density at radius 3 is 2.94 bits per heavy atom. The maximum absolute atomic E-state index is 10.8. The molecule has 0 bridgehead atoms. The number of benzene rings is 1. The molecule has 0 aliphatic heterocycles. The molecule has 0 saturated heterocycles. The van der Waals surface area contributed by atoms with Crippen molar-refractivity contribution in [1.29, 1.82) is 0 Å². The molecule has 1 heterocycles. The van der Waals surface area contributed by atoms with Crippen LogP contribution in [0.2, 0.25) is 0 Å². The molecule has 0 spiro atoms. The average molecular weight is 264 g/mol. The Labute approximate surface area is 106 Å². The molecular weight excluding hydrogens is 256 g/mol. The number of aldehydes is 1. The van der Waals surface area contributed by atoms with E-state index >= 15 is 0 Å². The maximum atomic E-state index is 10.8. The monoisotopic (exact) mass is 264 g/mol. The zero-order valence-corrected chi connectivity index (χ0v) is 9.92. The van der Waals surface area contributed by atoms with Gasteiger partial charge in [0.1, 0.15) is 12.9 Å². The van der Waals surface area contributed by atoms with E-state index in [0.29, 0.717) is 11.8 Å². The van der Waals surface area contributed by atoms with Gasteiger partial charge in [-0.15, -0.1) is 11.3 Å². The number of nitro groups is 1. The summed E-state index contributed by atoms with van der Waals surface area (Å²) < 4.78 is 5.36. The van der Waals surface area contributed by atoms with E-state index in [2.05, 4.69) is 4.98 Å². The number of carbonyl (C=O) groups is 1. The molecule has 2 aromatic rings. The summed E-state index contributed by atoms with van der Waals surface area (Å²) in [6.07, 6.45) is 2.24. The summed E-state index contributed by atoms with van der Waals surface area (Å²) in [5.41, 5.74) is 1.82. The molecule has 0 amide bonds. The lowest BCUT2D eigenvalue weighted by molar-refractivity contribution is -0.385. The molecule has 0 saturated carbocycles. The summed E-state index contributed by atoms with van der Waals surface area (Å²) in [5, 5.41) is 10.8. The molecule has 0 aliphatic rings. The third-order valence-electron chi connectivity index (χ3n) is 2.17. The quantitative estimate of drug-likeness (QED) is 0.470. The van der Waals surface area contributed by atoms with Crippen LogP contribution in [0.4, 0.5) is 5.69 Å². The number of nitrogens with zero attached hydrogens (tertiary/aromatic N) is 2. The molecule has 18 heavy (non-hydrogen) atoms. The molecule has 0 fully saturated rings. The van der Waals surface area contributed by atoms with Crippen LogP contribution in [0.25, 0.3) is 0 Å². The summed E-state index contributed by atoms with van der Waals surface area (Å²) in [6.45, 7) is 0.188. The second kappa shape index (κ2) is 5.37. The standard InChI is InChI=1S/C11H8N2O4S/c14-5-8-1-2-10(13(15)16)11(3-8)17-6-9-4-12-7-18-9/h1-5,7H,6H2. The lowest BCUT2D eigenvalue weighted by Crippen LogP contribution is -1.98. The van der Waals surface area contributed by atoms with Gasteiger partial charge in [-0.05, 0) is 12.1 Å². The first-order valence-electron chi connectivity index (χ1n) is 4.94. The fourth-order valence-electron chi connectivity index (χ4n) is 1.33. The Kier molecular flexibility index (Phi) is 3.63. The van der Waals surface area contributed by atoms with Crippen molar-refractivity contribution < 1.29 is 14.5 Å². The van der Waals surface area contributed by atoms with Gasteiger partial charge in [-0.1, -0.05) is 0 Å². The molecule has 0 atom stereocenters. The normalized spacial score (nSPS) is 10.0. The number of rotatable bonds is 5. The van der Waals surface area contributed by atoms with Crippen LogP contribution in [0.15, 0.2) is 29.9 Å². The van der Waals surface area contributed by atoms with E-state index in [9.17, 15) is 14.9 Å². The number of hydrogen-bond donors (Lipinski definition) is 0. The van der Waals surface area contributed by atoms with Gasteiger partial charge in [0.25, 0.3) is 0 Å². The van der Waals surface area contributed by atoms with Crippen molar-refractivity contribution in [3.63, 3.8) is 0 Å². The number of hydrogen-bond acceptors (Lipinski definition) is 6. The molecule has 6 nitrogen and oxygen atoms in total. The molecule has 0 unspecified atom stereocenters. The summed E-state index contributed by atoms with van der Waals surface area (Å²) in [6, 6.07) is 3.99. The van der Waals surface area contributed by atoms with Gasteiger partial charge in [-0.3, -0.25) is 19.9 Å². The third-order valence-corrected chi connectivity index (χ3v) is 2.92. The Bertz CT molecular complexity index is 568. The van der Waals surface area contributed by atoms with Crippen molar-refractivity contribution in [3.8, 4) is 5.75 Å². The molecule has 7 heteroatoms. The molecule has 0 N–H and O–H groups in total. The second-order valence-electron chi connectivity index (χ2n) is 3.36. The highest BCUT2D eigenvalue weighted by atomic mass is 32.1. The summed E-state index contributed by atoms with van der Waals surface area (Å²) in [5.74, 6) is 0.0815. The highest BCUT2D eigenvalue weighted by Crippen LogP contribution is 2.28. The lowest BCUT2D eigenvalue weighted by Gasteiger charge is -2.05. The number of ether oxygens (including phenoxy) is 1. The van der Waals surface area contributed by atoms with Crippen molar-refractivity contribution in [3.05, 3.63) is 50.5 Å². The van der Waals surface area contributed by atoms with Crippen LogP contribution in [0.5, 0.6) is 5.75 Å². The van der Waals surface area contributed by atoms with Gasteiger partial charge >= 0.3 is 5.69 Å². The van der Waals surface area contributed by atoms with Crippen LogP contribution in [0.1, 0.15) is 15.2 Å². The molecule has 0 aliphatic carbocycles. The van der Waals surface area contributed by atoms with E-state index in [4.69, 9.17) is 4.74 Å². The zero-order valence-electron chi connectivity index (χ0n) is 9.11. The molecule has 2 rings (SSSR count). The average Bonchev–Trinajstić information content (AvgIpc) is 2.88. The van der Waals surface area contributed by atoms with Crippen molar-refractivity contribution in [2.45, 2.75) is 6.61 Å². The minimum atomic E-state index is -0.545. The third kappa shape index (κ3) is 2.69. The Morgan fingerprint density at radius 2 is 2.33 bits per heavy atom. The fraction of sp³-hybridized carbons (Fsp3) is 0.0909. The predicted octanol–water partition coefficient (Wildman–Crippen LogP) is 2.44. The van der Waals surface area contributed by atoms with Crippen molar-refractivity contribution in [1.82, 2.24) is 4.98 Å². The van der Waals surface area contributed by atoms with Crippen LogP contribution >= 0.6 is 11.3 Å². The first kappa shape index (κ1) is 12.2. The zero-order chi connectivity index (χ0) is 13.0. The van der Waals surface area contributed by atoms with Crippen molar-refractivity contribution >= 4 is 23.3 Å². The van der Waals surface area contributed by atoms with Gasteiger partial charge in [0, 0.05) is 17.8 Å². The number of thiazole rings is 1. The van der Waals surface area contributed by atoms with E-state index in [1.165, 1.54) is 29.5 Å². The van der Waals surface area contributed by atoms with Gasteiger partial charge in [-0.2, -0.15) is 0 Å². The van der Waals surface area contributed by atoms with Crippen LogP contribution < -0.4 is 4.74 Å². The van der Waals surface area contributed by atoms with Crippen LogP contribution in [0.3, 0.4) is 0 Å². The Morgan fingerprint density at radius 1 is 1.50 bits per heavy atom. The molecule has 1 aromatic heterocycles. The molecule has 0 radical (unpaired) electrons. The largest absolute Gasteiger partial charge is 0.481 e. The minimum absolute atomic E-state index is 0.0815. The first-order valence-corrected chi connectivity index (χ1v) is 5.82. The van der Waals surface area contributed by atoms with E-state index in [-0.39, 0.29) is 18.0 Å². The van der Waals surface area contributed by atoms with E-state index < -0.39 is 4.92 Å². The first-order chi connectivity index (χ1) is 8.70. The van der Waals surface area contributed by atoms with Crippen LogP contribution in [-0.2, 0) is 6.61 Å². The van der Waals surface area contributed by atoms with Gasteiger partial charge in [0.15, 0.2) is 5.75 Å². The van der Waals surface area contributed by atoms with E-state index in [1.54, 1.807) is 11.7 Å². The number of nitro benzene ring substituents is 1. The predicted molar refractivity (Wildman–Crippen MR) is 64.9 cm³/mol. The number of carbonyl (C=O) groups excluding carboxylic acids is 1. The summed E-state index contributed by atoms with van der Waals surface area (Å²) in [7, 11) is 0. The highest BCUT2D eigenvalue weighted by Gasteiger charge is 2.15. The second-order valence-corrected chi connectivity index (χ2v) is 4.33. The maximum Gasteiger partial charge on any atom is 0.310 e. The molecule has 92 valence electrons. The topological polar surface area (TPSA) is 82.3 Å². The van der Waals surface area contributed by atoms with Crippen LogP contribution in [0, 0.1) is 10.1 Å². The summed E-state index contributed by atoms with van der Waals surface area (Å²) in [4.78, 5) is 25.6. The molecule has 1 aromatic carbocycles. The van der Waals surface area contributed by atoms with Gasteiger partial charge < -0.3 is 4.74 Å². The SMILES string of the molecule is O=Cc1ccc([N+](=O)[O-])c(OCc2cncs2)c1. The van der Waals surface area contributed by atoms with Gasteiger partial charge in [-0.25, -0.2) is 0 Å².